The van der Waals surface area contributed by atoms with Crippen molar-refractivity contribution in [3.63, 3.8) is 0 Å². The van der Waals surface area contributed by atoms with E-state index in [0.717, 1.165) is 32.1 Å². The average Bonchev–Trinajstić information content (AvgIpc) is 2.98. The molecule has 2 amide bonds. The van der Waals surface area contributed by atoms with E-state index < -0.39 is 11.1 Å². The van der Waals surface area contributed by atoms with Gasteiger partial charge in [-0.3, -0.25) is 9.59 Å². The van der Waals surface area contributed by atoms with Gasteiger partial charge in [-0.15, -0.1) is 0 Å². The molecule has 2 fully saturated rings. The van der Waals surface area contributed by atoms with Crippen molar-refractivity contribution < 1.29 is 14.3 Å². The second-order valence-corrected chi connectivity index (χ2v) is 6.29. The van der Waals surface area contributed by atoms with Gasteiger partial charge in [-0.05, 0) is 32.1 Å². The highest BCUT2D eigenvalue weighted by molar-refractivity contribution is 6.02. The Bertz CT molecular complexity index is 398. The lowest BCUT2D eigenvalue weighted by Crippen LogP contribution is -2.75. The van der Waals surface area contributed by atoms with Crippen molar-refractivity contribution in [1.82, 2.24) is 10.2 Å². The Kier molecular flexibility index (Phi) is 4.91. The fraction of sp³-hybridized carbons (Fsp3) is 0.875. The molecule has 1 heterocycles. The monoisotopic (exact) mass is 296 g/mol. The average molecular weight is 296 g/mol. The summed E-state index contributed by atoms with van der Waals surface area (Å²) in [5.74, 6) is 0.158. The molecule has 0 bridgehead atoms. The molecule has 1 saturated carbocycles. The van der Waals surface area contributed by atoms with Crippen LogP contribution < -0.4 is 5.32 Å². The first-order valence-corrected chi connectivity index (χ1v) is 8.20. The Morgan fingerprint density at radius 3 is 2.33 bits per heavy atom. The smallest absolute Gasteiger partial charge is 0.249 e. The predicted octanol–water partition coefficient (Wildman–Crippen LogP) is 1.85. The number of piperazine rings is 1. The Labute approximate surface area is 127 Å². The number of amides is 2. The number of hydrogen-bond acceptors (Lipinski definition) is 3. The van der Waals surface area contributed by atoms with Crippen molar-refractivity contribution in [3.8, 4) is 0 Å². The Morgan fingerprint density at radius 2 is 1.81 bits per heavy atom. The molecule has 0 aromatic carbocycles. The Morgan fingerprint density at radius 1 is 1.19 bits per heavy atom. The van der Waals surface area contributed by atoms with Gasteiger partial charge in [0.1, 0.15) is 11.1 Å². The summed E-state index contributed by atoms with van der Waals surface area (Å²) in [6.07, 6.45) is 5.69. The lowest BCUT2D eigenvalue weighted by molar-refractivity contribution is -0.163. The van der Waals surface area contributed by atoms with Crippen LogP contribution in [0.1, 0.15) is 58.8 Å². The van der Waals surface area contributed by atoms with E-state index in [2.05, 4.69) is 5.32 Å². The van der Waals surface area contributed by atoms with Crippen LogP contribution in [0.4, 0.5) is 0 Å². The van der Waals surface area contributed by atoms with Crippen molar-refractivity contribution in [3.05, 3.63) is 0 Å². The summed E-state index contributed by atoms with van der Waals surface area (Å²) in [5.41, 5.74) is -1.31. The van der Waals surface area contributed by atoms with Crippen molar-refractivity contribution >= 4 is 11.8 Å². The minimum Gasteiger partial charge on any atom is -0.385 e. The zero-order valence-corrected chi connectivity index (χ0v) is 13.5. The summed E-state index contributed by atoms with van der Waals surface area (Å²) in [7, 11) is 1.67. The Balaban J connectivity index is 2.30. The van der Waals surface area contributed by atoms with Crippen LogP contribution in [-0.4, -0.2) is 48.1 Å². The second kappa shape index (κ2) is 6.34. The number of methoxy groups -OCH3 is 1. The van der Waals surface area contributed by atoms with Gasteiger partial charge in [-0.1, -0.05) is 26.7 Å². The molecule has 2 aliphatic rings. The summed E-state index contributed by atoms with van der Waals surface area (Å²) >= 11 is 0. The van der Waals surface area contributed by atoms with Crippen LogP contribution in [0.3, 0.4) is 0 Å². The standard InChI is InChI=1S/C16H28N2O3/c1-4-15(5-2)14(20)18(11-8-12-21-3)16(13(19)17-15)9-6-7-10-16/h4-12H2,1-3H3,(H,17,19). The molecule has 1 aliphatic carbocycles. The number of ether oxygens (including phenoxy) is 1. The van der Waals surface area contributed by atoms with Gasteiger partial charge in [0, 0.05) is 20.3 Å². The topological polar surface area (TPSA) is 58.6 Å². The third kappa shape index (κ3) is 2.56. The molecule has 5 heteroatoms. The molecule has 1 aliphatic heterocycles. The number of carbonyl (C=O) groups is 2. The fourth-order valence-corrected chi connectivity index (χ4v) is 3.83. The third-order valence-electron chi connectivity index (χ3n) is 5.31. The zero-order valence-electron chi connectivity index (χ0n) is 13.5. The number of rotatable bonds is 6. The van der Waals surface area contributed by atoms with E-state index in [1.165, 1.54) is 0 Å². The molecule has 0 aromatic heterocycles. The van der Waals surface area contributed by atoms with Crippen LogP contribution in [0.5, 0.6) is 0 Å². The zero-order chi connectivity index (χ0) is 15.5. The van der Waals surface area contributed by atoms with Crippen LogP contribution in [0.2, 0.25) is 0 Å². The minimum absolute atomic E-state index is 0.0562. The van der Waals surface area contributed by atoms with E-state index in [4.69, 9.17) is 4.74 Å². The van der Waals surface area contributed by atoms with Gasteiger partial charge >= 0.3 is 0 Å². The normalized spacial score (nSPS) is 23.7. The largest absolute Gasteiger partial charge is 0.385 e. The van der Waals surface area contributed by atoms with Gasteiger partial charge in [0.2, 0.25) is 11.8 Å². The van der Waals surface area contributed by atoms with E-state index in [0.29, 0.717) is 26.0 Å². The first kappa shape index (κ1) is 16.3. The lowest BCUT2D eigenvalue weighted by Gasteiger charge is -2.51. The van der Waals surface area contributed by atoms with Gasteiger partial charge in [0.25, 0.3) is 0 Å². The molecule has 1 saturated heterocycles. The number of nitrogens with zero attached hydrogens (tertiary/aromatic N) is 1. The predicted molar refractivity (Wildman–Crippen MR) is 80.9 cm³/mol. The van der Waals surface area contributed by atoms with E-state index in [1.54, 1.807) is 7.11 Å². The van der Waals surface area contributed by atoms with Gasteiger partial charge < -0.3 is 15.0 Å². The highest BCUT2D eigenvalue weighted by Crippen LogP contribution is 2.41. The highest BCUT2D eigenvalue weighted by Gasteiger charge is 2.57. The van der Waals surface area contributed by atoms with E-state index >= 15 is 0 Å². The van der Waals surface area contributed by atoms with Crippen LogP contribution in [0.25, 0.3) is 0 Å². The third-order valence-corrected chi connectivity index (χ3v) is 5.31. The van der Waals surface area contributed by atoms with Crippen molar-refractivity contribution in [2.75, 3.05) is 20.3 Å². The molecule has 0 aromatic rings. The molecular weight excluding hydrogens is 268 g/mol. The number of hydrogen-bond donors (Lipinski definition) is 1. The molecule has 1 spiro atoms. The maximum absolute atomic E-state index is 13.1. The molecule has 5 nitrogen and oxygen atoms in total. The van der Waals surface area contributed by atoms with Crippen molar-refractivity contribution in [1.29, 1.82) is 0 Å². The molecule has 0 unspecified atom stereocenters. The molecule has 120 valence electrons. The molecule has 1 N–H and O–H groups in total. The summed E-state index contributed by atoms with van der Waals surface area (Å²) in [4.78, 5) is 27.8. The maximum atomic E-state index is 13.1. The van der Waals surface area contributed by atoms with Crippen molar-refractivity contribution in [2.24, 2.45) is 0 Å². The quantitative estimate of drug-likeness (QED) is 0.761. The Hall–Kier alpha value is -1.10. The molecular formula is C16H28N2O3. The van der Waals surface area contributed by atoms with E-state index in [-0.39, 0.29) is 11.8 Å². The summed E-state index contributed by atoms with van der Waals surface area (Å²) in [6.45, 7) is 5.18. The maximum Gasteiger partial charge on any atom is 0.249 e. The first-order valence-electron chi connectivity index (χ1n) is 8.20. The van der Waals surface area contributed by atoms with Crippen LogP contribution in [-0.2, 0) is 14.3 Å². The second-order valence-electron chi connectivity index (χ2n) is 6.29. The number of nitrogens with one attached hydrogen (secondary N) is 1. The lowest BCUT2D eigenvalue weighted by atomic mass is 9.81. The minimum atomic E-state index is -0.710. The van der Waals surface area contributed by atoms with Crippen LogP contribution in [0, 0.1) is 0 Å². The SMILES string of the molecule is CCC1(CC)NC(=O)C2(CCCC2)N(CCCOC)C1=O. The van der Waals surface area contributed by atoms with Crippen LogP contribution in [0.15, 0.2) is 0 Å². The first-order chi connectivity index (χ1) is 10.1. The van der Waals surface area contributed by atoms with Gasteiger partial charge in [0.05, 0.1) is 0 Å². The summed E-state index contributed by atoms with van der Waals surface area (Å²) in [6, 6.07) is 0. The van der Waals surface area contributed by atoms with Gasteiger partial charge in [-0.2, -0.15) is 0 Å². The summed E-state index contributed by atoms with van der Waals surface area (Å²) in [5, 5.41) is 3.07. The van der Waals surface area contributed by atoms with E-state index in [9.17, 15) is 9.59 Å². The number of carbonyl (C=O) groups excluding carboxylic acids is 2. The molecule has 21 heavy (non-hydrogen) atoms. The fourth-order valence-electron chi connectivity index (χ4n) is 3.83. The summed E-state index contributed by atoms with van der Waals surface area (Å²) < 4.78 is 5.11. The highest BCUT2D eigenvalue weighted by atomic mass is 16.5. The molecule has 2 rings (SSSR count). The molecule has 0 atom stereocenters. The van der Waals surface area contributed by atoms with Crippen molar-refractivity contribution in [2.45, 2.75) is 69.9 Å². The molecule has 0 radical (unpaired) electrons. The van der Waals surface area contributed by atoms with E-state index in [1.807, 2.05) is 18.7 Å². The van der Waals surface area contributed by atoms with Gasteiger partial charge in [0.15, 0.2) is 0 Å². The van der Waals surface area contributed by atoms with Crippen LogP contribution >= 0.6 is 0 Å². The van der Waals surface area contributed by atoms with Gasteiger partial charge in [-0.25, -0.2) is 0 Å².